The second-order valence-electron chi connectivity index (χ2n) is 5.46. The van der Waals surface area contributed by atoms with Crippen LogP contribution in [0, 0.1) is 13.8 Å². The van der Waals surface area contributed by atoms with Gasteiger partial charge in [-0.2, -0.15) is 0 Å². The Labute approximate surface area is 115 Å². The SMILES string of the molecule is CNC(C)(C)c1nc(C)cc(-c2ccc(C)cc2)n1. The van der Waals surface area contributed by atoms with Crippen LogP contribution in [-0.4, -0.2) is 17.0 Å². The van der Waals surface area contributed by atoms with Crippen LogP contribution in [0.4, 0.5) is 0 Å². The van der Waals surface area contributed by atoms with Gasteiger partial charge in [-0.05, 0) is 40.8 Å². The van der Waals surface area contributed by atoms with Crippen LogP contribution in [0.5, 0.6) is 0 Å². The predicted octanol–water partition coefficient (Wildman–Crippen LogP) is 3.21. The van der Waals surface area contributed by atoms with Gasteiger partial charge in [0.25, 0.3) is 0 Å². The molecule has 0 bridgehead atoms. The number of benzene rings is 1. The van der Waals surface area contributed by atoms with Crippen molar-refractivity contribution in [2.75, 3.05) is 7.05 Å². The minimum atomic E-state index is -0.231. The van der Waals surface area contributed by atoms with Crippen molar-refractivity contribution < 1.29 is 0 Å². The smallest absolute Gasteiger partial charge is 0.148 e. The second kappa shape index (κ2) is 5.10. The van der Waals surface area contributed by atoms with E-state index in [9.17, 15) is 0 Å². The Morgan fingerprint density at radius 1 is 1.00 bits per heavy atom. The maximum absolute atomic E-state index is 4.70. The lowest BCUT2D eigenvalue weighted by molar-refractivity contribution is 0.416. The molecular weight excluding hydrogens is 234 g/mol. The summed E-state index contributed by atoms with van der Waals surface area (Å²) in [4.78, 5) is 9.25. The molecule has 3 heteroatoms. The van der Waals surface area contributed by atoms with Gasteiger partial charge in [-0.25, -0.2) is 9.97 Å². The fourth-order valence-corrected chi connectivity index (χ4v) is 1.83. The van der Waals surface area contributed by atoms with E-state index in [1.54, 1.807) is 0 Å². The quantitative estimate of drug-likeness (QED) is 0.915. The number of nitrogens with zero attached hydrogens (tertiary/aromatic N) is 2. The molecule has 1 heterocycles. The highest BCUT2D eigenvalue weighted by atomic mass is 15.0. The molecule has 3 nitrogen and oxygen atoms in total. The summed E-state index contributed by atoms with van der Waals surface area (Å²) >= 11 is 0. The first-order valence-electron chi connectivity index (χ1n) is 6.54. The Hall–Kier alpha value is -1.74. The van der Waals surface area contributed by atoms with Crippen molar-refractivity contribution in [2.24, 2.45) is 0 Å². The summed E-state index contributed by atoms with van der Waals surface area (Å²) in [5, 5.41) is 3.25. The Balaban J connectivity index is 2.50. The van der Waals surface area contributed by atoms with Crippen molar-refractivity contribution >= 4 is 0 Å². The third-order valence-electron chi connectivity index (χ3n) is 3.39. The van der Waals surface area contributed by atoms with Crippen LogP contribution >= 0.6 is 0 Å². The second-order valence-corrected chi connectivity index (χ2v) is 5.46. The average molecular weight is 255 g/mol. The van der Waals surface area contributed by atoms with Gasteiger partial charge in [0.05, 0.1) is 11.2 Å². The van der Waals surface area contributed by atoms with Crippen LogP contribution in [-0.2, 0) is 5.54 Å². The molecule has 0 aliphatic carbocycles. The average Bonchev–Trinajstić information content (AvgIpc) is 2.39. The first-order chi connectivity index (χ1) is 8.92. The van der Waals surface area contributed by atoms with Crippen molar-refractivity contribution in [3.63, 3.8) is 0 Å². The molecule has 0 atom stereocenters. The molecule has 1 aromatic heterocycles. The van der Waals surface area contributed by atoms with Crippen LogP contribution in [0.2, 0.25) is 0 Å². The minimum Gasteiger partial charge on any atom is -0.308 e. The lowest BCUT2D eigenvalue weighted by Gasteiger charge is -2.23. The van der Waals surface area contributed by atoms with Gasteiger partial charge in [0.2, 0.25) is 0 Å². The summed E-state index contributed by atoms with van der Waals surface area (Å²) in [6, 6.07) is 10.5. The Morgan fingerprint density at radius 2 is 1.63 bits per heavy atom. The van der Waals surface area contributed by atoms with Crippen LogP contribution in [0.15, 0.2) is 30.3 Å². The Bertz CT molecular complexity index is 571. The highest BCUT2D eigenvalue weighted by Crippen LogP contribution is 2.22. The van der Waals surface area contributed by atoms with E-state index in [0.717, 1.165) is 22.8 Å². The van der Waals surface area contributed by atoms with Crippen molar-refractivity contribution in [2.45, 2.75) is 33.2 Å². The van der Waals surface area contributed by atoms with Crippen LogP contribution < -0.4 is 5.32 Å². The molecule has 0 unspecified atom stereocenters. The van der Waals surface area contributed by atoms with Gasteiger partial charge < -0.3 is 5.32 Å². The number of aryl methyl sites for hydroxylation is 2. The van der Waals surface area contributed by atoms with E-state index in [4.69, 9.17) is 4.98 Å². The van der Waals surface area contributed by atoms with E-state index in [-0.39, 0.29) is 5.54 Å². The summed E-state index contributed by atoms with van der Waals surface area (Å²) in [5.74, 6) is 0.825. The van der Waals surface area contributed by atoms with Crippen molar-refractivity contribution in [1.29, 1.82) is 0 Å². The first kappa shape index (κ1) is 13.7. The molecule has 0 aliphatic rings. The molecular formula is C16H21N3. The monoisotopic (exact) mass is 255 g/mol. The molecule has 1 aromatic carbocycles. The third-order valence-corrected chi connectivity index (χ3v) is 3.39. The van der Waals surface area contributed by atoms with Crippen molar-refractivity contribution in [3.8, 4) is 11.3 Å². The van der Waals surface area contributed by atoms with Crippen molar-refractivity contribution in [3.05, 3.63) is 47.4 Å². The Morgan fingerprint density at radius 3 is 2.21 bits per heavy atom. The van der Waals surface area contributed by atoms with Gasteiger partial charge in [0.15, 0.2) is 0 Å². The largest absolute Gasteiger partial charge is 0.308 e. The summed E-state index contributed by atoms with van der Waals surface area (Å²) < 4.78 is 0. The zero-order chi connectivity index (χ0) is 14.0. The van der Waals surface area contributed by atoms with Gasteiger partial charge in [0.1, 0.15) is 5.82 Å². The number of hydrogen-bond acceptors (Lipinski definition) is 3. The van der Waals surface area contributed by atoms with E-state index in [1.165, 1.54) is 5.56 Å². The fourth-order valence-electron chi connectivity index (χ4n) is 1.83. The van der Waals surface area contributed by atoms with Gasteiger partial charge in [0, 0.05) is 11.3 Å². The van der Waals surface area contributed by atoms with Crippen LogP contribution in [0.25, 0.3) is 11.3 Å². The molecule has 2 aromatic rings. The fraction of sp³-hybridized carbons (Fsp3) is 0.375. The van der Waals surface area contributed by atoms with Gasteiger partial charge >= 0.3 is 0 Å². The third kappa shape index (κ3) is 2.99. The maximum Gasteiger partial charge on any atom is 0.148 e. The lowest BCUT2D eigenvalue weighted by atomic mass is 10.0. The number of aromatic nitrogens is 2. The molecule has 0 fully saturated rings. The predicted molar refractivity (Wildman–Crippen MR) is 79.0 cm³/mol. The standard InChI is InChI=1S/C16H21N3/c1-11-6-8-13(9-7-11)14-10-12(2)18-15(19-14)16(3,4)17-5/h6-10,17H,1-5H3. The summed E-state index contributed by atoms with van der Waals surface area (Å²) in [5.41, 5.74) is 4.12. The highest BCUT2D eigenvalue weighted by molar-refractivity contribution is 5.59. The van der Waals surface area contributed by atoms with E-state index in [2.05, 4.69) is 55.3 Å². The van der Waals surface area contributed by atoms with Crippen LogP contribution in [0.3, 0.4) is 0 Å². The molecule has 0 spiro atoms. The Kier molecular flexibility index (Phi) is 3.67. The molecule has 0 radical (unpaired) electrons. The number of nitrogens with one attached hydrogen (secondary N) is 1. The summed E-state index contributed by atoms with van der Waals surface area (Å²) in [6.07, 6.45) is 0. The van der Waals surface area contributed by atoms with E-state index in [0.29, 0.717) is 0 Å². The molecule has 0 aliphatic heterocycles. The zero-order valence-electron chi connectivity index (χ0n) is 12.3. The molecule has 100 valence electrons. The minimum absolute atomic E-state index is 0.231. The lowest BCUT2D eigenvalue weighted by Crippen LogP contribution is -2.35. The first-order valence-corrected chi connectivity index (χ1v) is 6.54. The van der Waals surface area contributed by atoms with E-state index < -0.39 is 0 Å². The summed E-state index contributed by atoms with van der Waals surface area (Å²) in [7, 11) is 1.93. The molecule has 0 saturated heterocycles. The molecule has 1 N–H and O–H groups in total. The highest BCUT2D eigenvalue weighted by Gasteiger charge is 2.22. The number of hydrogen-bond donors (Lipinski definition) is 1. The topological polar surface area (TPSA) is 37.8 Å². The molecule has 0 saturated carbocycles. The molecule has 2 rings (SSSR count). The molecule has 19 heavy (non-hydrogen) atoms. The van der Waals surface area contributed by atoms with E-state index >= 15 is 0 Å². The van der Waals surface area contributed by atoms with Crippen molar-refractivity contribution in [1.82, 2.24) is 15.3 Å². The van der Waals surface area contributed by atoms with Crippen LogP contribution in [0.1, 0.15) is 30.9 Å². The van der Waals surface area contributed by atoms with Gasteiger partial charge in [-0.3, -0.25) is 0 Å². The van der Waals surface area contributed by atoms with Gasteiger partial charge in [-0.15, -0.1) is 0 Å². The molecule has 0 amide bonds. The van der Waals surface area contributed by atoms with Gasteiger partial charge in [-0.1, -0.05) is 29.8 Å². The maximum atomic E-state index is 4.70. The van der Waals surface area contributed by atoms with E-state index in [1.807, 2.05) is 20.0 Å². The summed E-state index contributed by atoms with van der Waals surface area (Å²) in [6.45, 7) is 8.26. The zero-order valence-corrected chi connectivity index (χ0v) is 12.3. The normalized spacial score (nSPS) is 11.6. The number of rotatable bonds is 3.